The van der Waals surface area contributed by atoms with Crippen molar-refractivity contribution < 1.29 is 0 Å². The number of rotatable bonds is 5. The average molecular weight is 216 g/mol. The number of aromatic nitrogens is 2. The Morgan fingerprint density at radius 1 is 1.57 bits per heavy atom. The van der Waals surface area contributed by atoms with Crippen LogP contribution < -0.4 is 5.32 Å². The molecule has 0 spiro atoms. The maximum atomic E-state index is 5.90. The highest BCUT2D eigenvalue weighted by Crippen LogP contribution is 2.05. The van der Waals surface area contributed by atoms with Gasteiger partial charge in [0.25, 0.3) is 0 Å². The number of hydrogen-bond acceptors (Lipinski definition) is 2. The van der Waals surface area contributed by atoms with Crippen LogP contribution in [0.3, 0.4) is 0 Å². The van der Waals surface area contributed by atoms with Crippen molar-refractivity contribution in [1.82, 2.24) is 15.1 Å². The Labute approximate surface area is 90.4 Å². The molecule has 0 aliphatic rings. The molecule has 14 heavy (non-hydrogen) atoms. The molecule has 2 unspecified atom stereocenters. The predicted octanol–water partition coefficient (Wildman–Crippen LogP) is 1.92. The first-order valence-corrected chi connectivity index (χ1v) is 5.36. The highest BCUT2D eigenvalue weighted by atomic mass is 35.5. The largest absolute Gasteiger partial charge is 0.310 e. The Bertz CT molecular complexity index is 270. The zero-order chi connectivity index (χ0) is 10.6. The second kappa shape index (κ2) is 5.37. The van der Waals surface area contributed by atoms with Crippen LogP contribution in [0.15, 0.2) is 12.4 Å². The fourth-order valence-electron chi connectivity index (χ4n) is 1.43. The van der Waals surface area contributed by atoms with Crippen LogP contribution in [-0.4, -0.2) is 21.2 Å². The molecule has 80 valence electrons. The second-order valence-corrected chi connectivity index (χ2v) is 4.57. The minimum atomic E-state index is 0.228. The standard InChI is InChI=1S/C10H18ClN3/c1-8(11)4-9(2)12-5-10-6-13-14(3)7-10/h6-9,12H,4-5H2,1-3H3. The first-order valence-electron chi connectivity index (χ1n) is 4.93. The summed E-state index contributed by atoms with van der Waals surface area (Å²) >= 11 is 5.90. The van der Waals surface area contributed by atoms with Crippen LogP contribution in [-0.2, 0) is 13.6 Å². The topological polar surface area (TPSA) is 29.9 Å². The van der Waals surface area contributed by atoms with Gasteiger partial charge in [0.05, 0.1) is 6.20 Å². The summed E-state index contributed by atoms with van der Waals surface area (Å²) in [5.41, 5.74) is 1.21. The SMILES string of the molecule is CC(Cl)CC(C)NCc1cnn(C)c1. The smallest absolute Gasteiger partial charge is 0.0534 e. The van der Waals surface area contributed by atoms with Gasteiger partial charge in [-0.05, 0) is 20.3 Å². The third kappa shape index (κ3) is 4.11. The van der Waals surface area contributed by atoms with E-state index in [1.165, 1.54) is 5.56 Å². The van der Waals surface area contributed by atoms with E-state index in [4.69, 9.17) is 11.6 Å². The quantitative estimate of drug-likeness (QED) is 0.761. The van der Waals surface area contributed by atoms with E-state index < -0.39 is 0 Å². The summed E-state index contributed by atoms with van der Waals surface area (Å²) in [5, 5.41) is 7.74. The maximum Gasteiger partial charge on any atom is 0.0534 e. The van der Waals surface area contributed by atoms with Gasteiger partial charge in [0.1, 0.15) is 0 Å². The highest BCUT2D eigenvalue weighted by Gasteiger charge is 2.05. The van der Waals surface area contributed by atoms with Crippen molar-refractivity contribution in [2.45, 2.75) is 38.2 Å². The Kier molecular flexibility index (Phi) is 4.42. The molecular weight excluding hydrogens is 198 g/mol. The number of alkyl halides is 1. The van der Waals surface area contributed by atoms with Crippen molar-refractivity contribution in [2.75, 3.05) is 0 Å². The fraction of sp³-hybridized carbons (Fsp3) is 0.700. The number of hydrogen-bond donors (Lipinski definition) is 1. The summed E-state index contributed by atoms with van der Waals surface area (Å²) in [7, 11) is 1.92. The molecule has 0 aliphatic heterocycles. The van der Waals surface area contributed by atoms with Gasteiger partial charge in [-0.2, -0.15) is 5.10 Å². The van der Waals surface area contributed by atoms with E-state index in [9.17, 15) is 0 Å². The zero-order valence-electron chi connectivity index (χ0n) is 9.00. The Morgan fingerprint density at radius 2 is 2.29 bits per heavy atom. The highest BCUT2D eigenvalue weighted by molar-refractivity contribution is 6.20. The van der Waals surface area contributed by atoms with Crippen LogP contribution >= 0.6 is 11.6 Å². The van der Waals surface area contributed by atoms with Crippen molar-refractivity contribution in [1.29, 1.82) is 0 Å². The lowest BCUT2D eigenvalue weighted by molar-refractivity contribution is 0.511. The van der Waals surface area contributed by atoms with Gasteiger partial charge in [-0.1, -0.05) is 0 Å². The number of nitrogens with one attached hydrogen (secondary N) is 1. The van der Waals surface area contributed by atoms with Crippen LogP contribution in [0.2, 0.25) is 0 Å². The van der Waals surface area contributed by atoms with Gasteiger partial charge in [0, 0.05) is 36.8 Å². The Hall–Kier alpha value is -0.540. The Balaban J connectivity index is 2.26. The normalized spacial score (nSPS) is 15.4. The van der Waals surface area contributed by atoms with Crippen molar-refractivity contribution in [3.8, 4) is 0 Å². The Morgan fingerprint density at radius 3 is 2.79 bits per heavy atom. The first kappa shape index (κ1) is 11.5. The first-order chi connectivity index (χ1) is 6.58. The van der Waals surface area contributed by atoms with Gasteiger partial charge < -0.3 is 5.32 Å². The predicted molar refractivity (Wildman–Crippen MR) is 59.4 cm³/mol. The summed E-state index contributed by atoms with van der Waals surface area (Å²) in [5.74, 6) is 0. The molecule has 0 bridgehead atoms. The zero-order valence-corrected chi connectivity index (χ0v) is 9.75. The molecule has 0 radical (unpaired) electrons. The fourth-order valence-corrected chi connectivity index (χ4v) is 1.69. The van der Waals surface area contributed by atoms with Gasteiger partial charge in [-0.3, -0.25) is 4.68 Å². The molecule has 0 aliphatic carbocycles. The second-order valence-electron chi connectivity index (χ2n) is 3.82. The molecule has 2 atom stereocenters. The lowest BCUT2D eigenvalue weighted by atomic mass is 10.2. The minimum Gasteiger partial charge on any atom is -0.310 e. The monoisotopic (exact) mass is 215 g/mol. The van der Waals surface area contributed by atoms with E-state index in [0.29, 0.717) is 6.04 Å². The minimum absolute atomic E-state index is 0.228. The van der Waals surface area contributed by atoms with Crippen molar-refractivity contribution >= 4 is 11.6 Å². The summed E-state index contributed by atoms with van der Waals surface area (Å²) in [6.07, 6.45) is 4.88. The summed E-state index contributed by atoms with van der Waals surface area (Å²) in [4.78, 5) is 0. The van der Waals surface area contributed by atoms with Gasteiger partial charge in [0.2, 0.25) is 0 Å². The molecule has 1 N–H and O–H groups in total. The third-order valence-corrected chi connectivity index (χ3v) is 2.27. The van der Waals surface area contributed by atoms with Crippen LogP contribution in [0.5, 0.6) is 0 Å². The molecule has 1 aromatic rings. The molecule has 0 aromatic carbocycles. The van der Waals surface area contributed by atoms with Crippen LogP contribution in [0.4, 0.5) is 0 Å². The maximum absolute atomic E-state index is 5.90. The summed E-state index contributed by atoms with van der Waals surface area (Å²) in [6, 6.07) is 0.447. The summed E-state index contributed by atoms with van der Waals surface area (Å²) in [6.45, 7) is 5.03. The van der Waals surface area contributed by atoms with E-state index in [-0.39, 0.29) is 5.38 Å². The van der Waals surface area contributed by atoms with E-state index >= 15 is 0 Å². The lowest BCUT2D eigenvalue weighted by Crippen LogP contribution is -2.27. The van der Waals surface area contributed by atoms with Crippen LogP contribution in [0.25, 0.3) is 0 Å². The van der Waals surface area contributed by atoms with Gasteiger partial charge in [-0.25, -0.2) is 0 Å². The number of halogens is 1. The number of nitrogens with zero attached hydrogens (tertiary/aromatic N) is 2. The molecular formula is C10H18ClN3. The van der Waals surface area contributed by atoms with Crippen molar-refractivity contribution in [3.05, 3.63) is 18.0 Å². The molecule has 0 saturated carbocycles. The molecule has 0 saturated heterocycles. The molecule has 1 rings (SSSR count). The van der Waals surface area contributed by atoms with Gasteiger partial charge in [0.15, 0.2) is 0 Å². The van der Waals surface area contributed by atoms with E-state index in [0.717, 1.165) is 13.0 Å². The molecule has 1 aromatic heterocycles. The summed E-state index contributed by atoms with van der Waals surface area (Å²) < 4.78 is 1.81. The van der Waals surface area contributed by atoms with Gasteiger partial charge in [-0.15, -0.1) is 11.6 Å². The molecule has 0 amide bonds. The lowest BCUT2D eigenvalue weighted by Gasteiger charge is -2.13. The third-order valence-electron chi connectivity index (χ3n) is 2.09. The molecule has 4 heteroatoms. The van der Waals surface area contributed by atoms with E-state index in [2.05, 4.69) is 17.3 Å². The van der Waals surface area contributed by atoms with Crippen molar-refractivity contribution in [3.63, 3.8) is 0 Å². The average Bonchev–Trinajstić information content (AvgIpc) is 2.47. The van der Waals surface area contributed by atoms with E-state index in [1.807, 2.05) is 31.0 Å². The molecule has 0 fully saturated rings. The molecule has 1 heterocycles. The number of aryl methyl sites for hydroxylation is 1. The van der Waals surface area contributed by atoms with Gasteiger partial charge >= 0.3 is 0 Å². The van der Waals surface area contributed by atoms with Crippen LogP contribution in [0.1, 0.15) is 25.8 Å². The molecule has 3 nitrogen and oxygen atoms in total. The van der Waals surface area contributed by atoms with Crippen LogP contribution in [0, 0.1) is 0 Å². The van der Waals surface area contributed by atoms with Crippen molar-refractivity contribution in [2.24, 2.45) is 7.05 Å². The van der Waals surface area contributed by atoms with E-state index in [1.54, 1.807) is 0 Å².